The largest absolute Gasteiger partial charge is 0.385 e. The van der Waals surface area contributed by atoms with Gasteiger partial charge in [0.2, 0.25) is 5.91 Å². The molecule has 6 nitrogen and oxygen atoms in total. The second-order valence-electron chi connectivity index (χ2n) is 2.88. The SMILES string of the molecule is COCCCNC(C)C(=O)NC(N)=O. The quantitative estimate of drug-likeness (QED) is 0.492. The Labute approximate surface area is 83.2 Å². The third-order valence-electron chi connectivity index (χ3n) is 1.62. The van der Waals surface area contributed by atoms with Crippen LogP contribution in [-0.4, -0.2) is 38.2 Å². The molecule has 0 rings (SSSR count). The van der Waals surface area contributed by atoms with Crippen LogP contribution in [0.15, 0.2) is 0 Å². The fourth-order valence-corrected chi connectivity index (χ4v) is 0.857. The summed E-state index contributed by atoms with van der Waals surface area (Å²) in [4.78, 5) is 21.4. The normalized spacial score (nSPS) is 12.1. The van der Waals surface area contributed by atoms with E-state index in [9.17, 15) is 9.59 Å². The van der Waals surface area contributed by atoms with Crippen molar-refractivity contribution in [1.29, 1.82) is 0 Å². The average molecular weight is 203 g/mol. The number of hydrogen-bond donors (Lipinski definition) is 3. The molecule has 0 aliphatic heterocycles. The van der Waals surface area contributed by atoms with E-state index in [1.165, 1.54) is 0 Å². The van der Waals surface area contributed by atoms with Gasteiger partial charge in [-0.3, -0.25) is 10.1 Å². The zero-order valence-electron chi connectivity index (χ0n) is 8.50. The Hall–Kier alpha value is -1.14. The fourth-order valence-electron chi connectivity index (χ4n) is 0.857. The third-order valence-corrected chi connectivity index (χ3v) is 1.62. The van der Waals surface area contributed by atoms with Crippen LogP contribution >= 0.6 is 0 Å². The smallest absolute Gasteiger partial charge is 0.318 e. The van der Waals surface area contributed by atoms with Crippen molar-refractivity contribution in [3.63, 3.8) is 0 Å². The number of nitrogens with one attached hydrogen (secondary N) is 2. The number of imide groups is 1. The highest BCUT2D eigenvalue weighted by Gasteiger charge is 2.12. The van der Waals surface area contributed by atoms with Gasteiger partial charge in [-0.05, 0) is 19.9 Å². The zero-order chi connectivity index (χ0) is 11.0. The summed E-state index contributed by atoms with van der Waals surface area (Å²) in [5.74, 6) is -0.421. The first-order chi connectivity index (χ1) is 6.57. The van der Waals surface area contributed by atoms with Gasteiger partial charge in [-0.25, -0.2) is 4.79 Å². The molecule has 0 saturated carbocycles. The lowest BCUT2D eigenvalue weighted by molar-refractivity contribution is -0.121. The molecular formula is C8H17N3O3. The first-order valence-corrected chi connectivity index (χ1v) is 4.40. The van der Waals surface area contributed by atoms with E-state index in [0.717, 1.165) is 6.42 Å². The summed E-state index contributed by atoms with van der Waals surface area (Å²) >= 11 is 0. The van der Waals surface area contributed by atoms with Crippen LogP contribution in [0.3, 0.4) is 0 Å². The summed E-state index contributed by atoms with van der Waals surface area (Å²) in [6.07, 6.45) is 0.810. The summed E-state index contributed by atoms with van der Waals surface area (Å²) in [5, 5.41) is 4.91. The van der Waals surface area contributed by atoms with Gasteiger partial charge in [0.15, 0.2) is 0 Å². The van der Waals surface area contributed by atoms with Gasteiger partial charge in [0.25, 0.3) is 0 Å². The molecule has 0 spiro atoms. The molecule has 3 amide bonds. The molecule has 0 aromatic heterocycles. The Bertz CT molecular complexity index is 196. The van der Waals surface area contributed by atoms with Gasteiger partial charge < -0.3 is 15.8 Å². The summed E-state index contributed by atoms with van der Waals surface area (Å²) in [6.45, 7) is 2.95. The van der Waals surface area contributed by atoms with Crippen molar-refractivity contribution in [2.45, 2.75) is 19.4 Å². The highest BCUT2D eigenvalue weighted by Crippen LogP contribution is 1.84. The summed E-state index contributed by atoms with van der Waals surface area (Å²) < 4.78 is 4.83. The van der Waals surface area contributed by atoms with E-state index >= 15 is 0 Å². The van der Waals surface area contributed by atoms with E-state index in [-0.39, 0.29) is 0 Å². The predicted octanol–water partition coefficient (Wildman–Crippen LogP) is -0.804. The number of ether oxygens (including phenoxy) is 1. The van der Waals surface area contributed by atoms with Crippen molar-refractivity contribution in [2.75, 3.05) is 20.3 Å². The number of hydrogen-bond acceptors (Lipinski definition) is 4. The summed E-state index contributed by atoms with van der Waals surface area (Å²) in [5.41, 5.74) is 4.79. The molecule has 14 heavy (non-hydrogen) atoms. The maximum Gasteiger partial charge on any atom is 0.318 e. The highest BCUT2D eigenvalue weighted by molar-refractivity contribution is 5.96. The fraction of sp³-hybridized carbons (Fsp3) is 0.750. The number of methoxy groups -OCH3 is 1. The van der Waals surface area contributed by atoms with Gasteiger partial charge in [0, 0.05) is 13.7 Å². The van der Waals surface area contributed by atoms with Crippen molar-refractivity contribution in [2.24, 2.45) is 5.73 Å². The van der Waals surface area contributed by atoms with Gasteiger partial charge in [0.05, 0.1) is 6.04 Å². The third kappa shape index (κ3) is 6.38. The predicted molar refractivity (Wildman–Crippen MR) is 51.7 cm³/mol. The number of carbonyl (C=O) groups excluding carboxylic acids is 2. The Morgan fingerprint density at radius 2 is 2.14 bits per heavy atom. The van der Waals surface area contributed by atoms with E-state index in [1.807, 2.05) is 5.32 Å². The monoisotopic (exact) mass is 203 g/mol. The molecular weight excluding hydrogens is 186 g/mol. The zero-order valence-corrected chi connectivity index (χ0v) is 8.50. The molecule has 0 fully saturated rings. The van der Waals surface area contributed by atoms with Gasteiger partial charge in [-0.2, -0.15) is 0 Å². The Morgan fingerprint density at radius 1 is 1.50 bits per heavy atom. The van der Waals surface area contributed by atoms with Crippen LogP contribution in [-0.2, 0) is 9.53 Å². The number of carbonyl (C=O) groups is 2. The maximum absolute atomic E-state index is 11.1. The first kappa shape index (κ1) is 12.9. The van der Waals surface area contributed by atoms with E-state index in [0.29, 0.717) is 13.2 Å². The first-order valence-electron chi connectivity index (χ1n) is 4.40. The second-order valence-corrected chi connectivity index (χ2v) is 2.88. The van der Waals surface area contributed by atoms with Gasteiger partial charge in [-0.1, -0.05) is 0 Å². The molecule has 0 heterocycles. The van der Waals surface area contributed by atoms with Crippen LogP contribution in [0.25, 0.3) is 0 Å². The van der Waals surface area contributed by atoms with Crippen LogP contribution in [0.5, 0.6) is 0 Å². The number of nitrogens with two attached hydrogens (primary N) is 1. The van der Waals surface area contributed by atoms with E-state index < -0.39 is 18.0 Å². The lowest BCUT2D eigenvalue weighted by Gasteiger charge is -2.11. The minimum Gasteiger partial charge on any atom is -0.385 e. The van der Waals surface area contributed by atoms with Crippen LogP contribution in [0.2, 0.25) is 0 Å². The number of primary amides is 1. The van der Waals surface area contributed by atoms with Gasteiger partial charge in [0.1, 0.15) is 0 Å². The molecule has 0 aliphatic carbocycles. The topological polar surface area (TPSA) is 93.4 Å². The van der Waals surface area contributed by atoms with Crippen molar-refractivity contribution in [3.05, 3.63) is 0 Å². The van der Waals surface area contributed by atoms with Crippen molar-refractivity contribution in [3.8, 4) is 0 Å². The minimum absolute atomic E-state index is 0.421. The van der Waals surface area contributed by atoms with Gasteiger partial charge >= 0.3 is 6.03 Å². The van der Waals surface area contributed by atoms with E-state index in [2.05, 4.69) is 5.32 Å². The summed E-state index contributed by atoms with van der Waals surface area (Å²) in [7, 11) is 1.61. The molecule has 0 saturated heterocycles. The molecule has 6 heteroatoms. The molecule has 0 aliphatic rings. The lowest BCUT2D eigenvalue weighted by atomic mass is 10.3. The van der Waals surface area contributed by atoms with Crippen molar-refractivity contribution in [1.82, 2.24) is 10.6 Å². The van der Waals surface area contributed by atoms with Gasteiger partial charge in [-0.15, -0.1) is 0 Å². The lowest BCUT2D eigenvalue weighted by Crippen LogP contribution is -2.46. The van der Waals surface area contributed by atoms with Crippen LogP contribution in [0.1, 0.15) is 13.3 Å². The van der Waals surface area contributed by atoms with Crippen molar-refractivity contribution < 1.29 is 14.3 Å². The van der Waals surface area contributed by atoms with E-state index in [4.69, 9.17) is 10.5 Å². The molecule has 82 valence electrons. The summed E-state index contributed by atoms with van der Waals surface area (Å²) in [6, 6.07) is -1.26. The minimum atomic E-state index is -0.833. The maximum atomic E-state index is 11.1. The average Bonchev–Trinajstić information content (AvgIpc) is 2.11. The second kappa shape index (κ2) is 7.28. The molecule has 0 aromatic rings. The van der Waals surface area contributed by atoms with Crippen molar-refractivity contribution >= 4 is 11.9 Å². The standard InChI is InChI=1S/C8H17N3O3/c1-6(7(12)11-8(9)13)10-4-3-5-14-2/h6,10H,3-5H2,1-2H3,(H3,9,11,12,13). The number of rotatable bonds is 6. The highest BCUT2D eigenvalue weighted by atomic mass is 16.5. The van der Waals surface area contributed by atoms with Crippen LogP contribution < -0.4 is 16.4 Å². The Kier molecular flexibility index (Phi) is 6.69. The molecule has 0 aromatic carbocycles. The number of urea groups is 1. The molecule has 4 N–H and O–H groups in total. The molecule has 1 unspecified atom stereocenters. The molecule has 1 atom stereocenters. The Balaban J connectivity index is 3.57. The number of amides is 3. The van der Waals surface area contributed by atoms with E-state index in [1.54, 1.807) is 14.0 Å². The molecule has 0 radical (unpaired) electrons. The molecule has 0 bridgehead atoms. The van der Waals surface area contributed by atoms with Crippen LogP contribution in [0, 0.1) is 0 Å². The Morgan fingerprint density at radius 3 is 2.64 bits per heavy atom. The van der Waals surface area contributed by atoms with Crippen LogP contribution in [0.4, 0.5) is 4.79 Å².